The van der Waals surface area contributed by atoms with Crippen LogP contribution in [-0.2, 0) is 4.79 Å². The zero-order valence-electron chi connectivity index (χ0n) is 15.1. The molecule has 142 valence electrons. The van der Waals surface area contributed by atoms with Gasteiger partial charge in [0.05, 0.1) is 5.56 Å². The second-order valence-electron chi connectivity index (χ2n) is 5.93. The summed E-state index contributed by atoms with van der Waals surface area (Å²) in [4.78, 5) is 24.5. The standard InChI is InChI=1S/C23H15BrN2O3/c24-21-9-5-4-8-20(21)23(28)29-19-12-10-16(11-13-19)14-17(15-25)22(27)26-18-6-2-1-3-7-18/h1-14H,(H,26,27)/b17-14+. The van der Waals surface area contributed by atoms with Gasteiger partial charge < -0.3 is 10.1 Å². The molecule has 0 spiro atoms. The highest BCUT2D eigenvalue weighted by molar-refractivity contribution is 9.10. The second-order valence-corrected chi connectivity index (χ2v) is 6.78. The van der Waals surface area contributed by atoms with Crippen LogP contribution in [0.2, 0.25) is 0 Å². The van der Waals surface area contributed by atoms with Crippen molar-refractivity contribution in [1.29, 1.82) is 5.26 Å². The number of anilines is 1. The summed E-state index contributed by atoms with van der Waals surface area (Å²) in [7, 11) is 0. The predicted octanol–water partition coefficient (Wildman–Crippen LogP) is 5.21. The van der Waals surface area contributed by atoms with E-state index in [0.29, 0.717) is 27.0 Å². The van der Waals surface area contributed by atoms with E-state index < -0.39 is 11.9 Å². The zero-order chi connectivity index (χ0) is 20.6. The number of para-hydroxylation sites is 1. The number of carbonyl (C=O) groups excluding carboxylic acids is 2. The number of nitrogens with zero attached hydrogens (tertiary/aromatic N) is 1. The molecule has 3 aromatic carbocycles. The van der Waals surface area contributed by atoms with Gasteiger partial charge in [-0.3, -0.25) is 4.79 Å². The topological polar surface area (TPSA) is 79.2 Å². The molecule has 0 aliphatic carbocycles. The van der Waals surface area contributed by atoms with Gasteiger partial charge in [0.15, 0.2) is 0 Å². The Morgan fingerprint density at radius 2 is 1.59 bits per heavy atom. The monoisotopic (exact) mass is 446 g/mol. The quantitative estimate of drug-likeness (QED) is 0.252. The van der Waals surface area contributed by atoms with E-state index in [2.05, 4.69) is 21.2 Å². The summed E-state index contributed by atoms with van der Waals surface area (Å²) in [5.41, 5.74) is 1.62. The molecule has 0 aromatic heterocycles. The number of ether oxygens (including phenoxy) is 1. The van der Waals surface area contributed by atoms with E-state index in [4.69, 9.17) is 4.74 Å². The van der Waals surface area contributed by atoms with Crippen molar-refractivity contribution in [1.82, 2.24) is 0 Å². The van der Waals surface area contributed by atoms with Crippen molar-refractivity contribution >= 4 is 39.6 Å². The lowest BCUT2D eigenvalue weighted by molar-refractivity contribution is -0.112. The molecule has 1 amide bonds. The molecule has 0 atom stereocenters. The van der Waals surface area contributed by atoms with E-state index in [1.165, 1.54) is 6.08 Å². The fraction of sp³-hybridized carbons (Fsp3) is 0. The SMILES string of the molecule is N#C/C(=C\c1ccc(OC(=O)c2ccccc2Br)cc1)C(=O)Nc1ccccc1. The second kappa shape index (κ2) is 9.49. The molecule has 0 saturated carbocycles. The lowest BCUT2D eigenvalue weighted by atomic mass is 10.1. The van der Waals surface area contributed by atoms with Gasteiger partial charge in [0.2, 0.25) is 0 Å². The Labute approximate surface area is 176 Å². The minimum absolute atomic E-state index is 0.0354. The van der Waals surface area contributed by atoms with E-state index in [1.807, 2.05) is 18.2 Å². The van der Waals surface area contributed by atoms with Gasteiger partial charge in [-0.05, 0) is 64.0 Å². The van der Waals surface area contributed by atoms with Gasteiger partial charge in [0.25, 0.3) is 5.91 Å². The van der Waals surface area contributed by atoms with E-state index in [-0.39, 0.29) is 5.57 Å². The van der Waals surface area contributed by atoms with Crippen molar-refractivity contribution in [3.05, 3.63) is 100 Å². The first-order chi connectivity index (χ1) is 14.1. The maximum absolute atomic E-state index is 12.3. The normalized spacial score (nSPS) is 10.7. The number of nitriles is 1. The van der Waals surface area contributed by atoms with Crippen molar-refractivity contribution in [2.75, 3.05) is 5.32 Å². The van der Waals surface area contributed by atoms with Crippen molar-refractivity contribution in [2.45, 2.75) is 0 Å². The Morgan fingerprint density at radius 3 is 2.24 bits per heavy atom. The molecule has 0 fully saturated rings. The molecule has 0 saturated heterocycles. The van der Waals surface area contributed by atoms with Gasteiger partial charge in [0.1, 0.15) is 17.4 Å². The molecule has 3 aromatic rings. The van der Waals surface area contributed by atoms with Crippen molar-refractivity contribution in [3.8, 4) is 11.8 Å². The van der Waals surface area contributed by atoms with Crippen LogP contribution in [0.15, 0.2) is 88.9 Å². The summed E-state index contributed by atoms with van der Waals surface area (Å²) >= 11 is 3.32. The molecule has 0 bridgehead atoms. The summed E-state index contributed by atoms with van der Waals surface area (Å²) in [6, 6.07) is 24.3. The van der Waals surface area contributed by atoms with E-state index in [9.17, 15) is 14.9 Å². The van der Waals surface area contributed by atoms with Crippen LogP contribution in [0.5, 0.6) is 5.75 Å². The number of rotatable bonds is 5. The average Bonchev–Trinajstić information content (AvgIpc) is 2.74. The van der Waals surface area contributed by atoms with Crippen molar-refractivity contribution in [2.24, 2.45) is 0 Å². The van der Waals surface area contributed by atoms with Crippen LogP contribution in [0, 0.1) is 11.3 Å². The van der Waals surface area contributed by atoms with E-state index in [0.717, 1.165) is 0 Å². The number of hydrogen-bond donors (Lipinski definition) is 1. The lowest BCUT2D eigenvalue weighted by Gasteiger charge is -2.06. The molecule has 0 unspecified atom stereocenters. The molecule has 29 heavy (non-hydrogen) atoms. The number of hydrogen-bond acceptors (Lipinski definition) is 4. The Balaban J connectivity index is 1.70. The third-order valence-electron chi connectivity index (χ3n) is 3.89. The highest BCUT2D eigenvalue weighted by Gasteiger charge is 2.12. The Bertz CT molecular complexity index is 1100. The van der Waals surface area contributed by atoms with E-state index >= 15 is 0 Å². The van der Waals surface area contributed by atoms with Crippen LogP contribution >= 0.6 is 15.9 Å². The zero-order valence-corrected chi connectivity index (χ0v) is 16.7. The van der Waals surface area contributed by atoms with Gasteiger partial charge in [-0.25, -0.2) is 4.79 Å². The number of halogens is 1. The number of carbonyl (C=O) groups is 2. The molecule has 0 heterocycles. The first-order valence-electron chi connectivity index (χ1n) is 8.62. The average molecular weight is 447 g/mol. The largest absolute Gasteiger partial charge is 0.423 e. The first kappa shape index (κ1) is 20.1. The maximum Gasteiger partial charge on any atom is 0.344 e. The van der Waals surface area contributed by atoms with Gasteiger partial charge in [-0.15, -0.1) is 0 Å². The third-order valence-corrected chi connectivity index (χ3v) is 4.58. The number of nitrogens with one attached hydrogen (secondary N) is 1. The number of benzene rings is 3. The highest BCUT2D eigenvalue weighted by atomic mass is 79.9. The minimum atomic E-state index is -0.497. The van der Waals surface area contributed by atoms with Crippen LogP contribution in [-0.4, -0.2) is 11.9 Å². The Morgan fingerprint density at radius 1 is 0.931 bits per heavy atom. The molecule has 0 aliphatic rings. The van der Waals surface area contributed by atoms with Gasteiger partial charge in [-0.1, -0.05) is 42.5 Å². The summed E-state index contributed by atoms with van der Waals surface area (Å²) in [6.45, 7) is 0. The summed E-state index contributed by atoms with van der Waals surface area (Å²) < 4.78 is 6.01. The van der Waals surface area contributed by atoms with Crippen molar-refractivity contribution < 1.29 is 14.3 Å². The first-order valence-corrected chi connectivity index (χ1v) is 9.41. The fourth-order valence-electron chi connectivity index (χ4n) is 2.46. The van der Waals surface area contributed by atoms with Crippen molar-refractivity contribution in [3.63, 3.8) is 0 Å². The highest BCUT2D eigenvalue weighted by Crippen LogP contribution is 2.20. The minimum Gasteiger partial charge on any atom is -0.423 e. The maximum atomic E-state index is 12.3. The Hall–Kier alpha value is -3.69. The molecule has 3 rings (SSSR count). The van der Waals surface area contributed by atoms with Gasteiger partial charge in [0, 0.05) is 10.2 Å². The van der Waals surface area contributed by atoms with Crippen LogP contribution in [0.4, 0.5) is 5.69 Å². The molecule has 6 heteroatoms. The summed E-state index contributed by atoms with van der Waals surface area (Å²) in [6.07, 6.45) is 1.47. The predicted molar refractivity (Wildman–Crippen MR) is 114 cm³/mol. The Kier molecular flexibility index (Phi) is 6.56. The number of amides is 1. The molecular weight excluding hydrogens is 432 g/mol. The van der Waals surface area contributed by atoms with Gasteiger partial charge in [-0.2, -0.15) is 5.26 Å². The fourth-order valence-corrected chi connectivity index (χ4v) is 2.90. The van der Waals surface area contributed by atoms with Gasteiger partial charge >= 0.3 is 5.97 Å². The van der Waals surface area contributed by atoms with Crippen LogP contribution in [0.3, 0.4) is 0 Å². The lowest BCUT2D eigenvalue weighted by Crippen LogP contribution is -2.13. The molecule has 0 radical (unpaired) electrons. The molecular formula is C23H15BrN2O3. The van der Waals surface area contributed by atoms with Crippen LogP contribution in [0.1, 0.15) is 15.9 Å². The smallest absolute Gasteiger partial charge is 0.344 e. The van der Waals surface area contributed by atoms with Crippen LogP contribution < -0.4 is 10.1 Å². The summed E-state index contributed by atoms with van der Waals surface area (Å²) in [5.74, 6) is -0.626. The summed E-state index contributed by atoms with van der Waals surface area (Å²) in [5, 5.41) is 12.0. The van der Waals surface area contributed by atoms with Crippen LogP contribution in [0.25, 0.3) is 6.08 Å². The third kappa shape index (κ3) is 5.41. The molecule has 5 nitrogen and oxygen atoms in total. The number of esters is 1. The van der Waals surface area contributed by atoms with E-state index in [1.54, 1.807) is 66.7 Å². The molecule has 0 aliphatic heterocycles. The molecule has 1 N–H and O–H groups in total.